The van der Waals surface area contributed by atoms with Crippen molar-refractivity contribution in [1.29, 1.82) is 0 Å². The molecule has 0 aliphatic heterocycles. The van der Waals surface area contributed by atoms with Gasteiger partial charge >= 0.3 is 12.1 Å². The van der Waals surface area contributed by atoms with E-state index in [2.05, 4.69) is 9.98 Å². The molecule has 1 aromatic heterocycles. The molecule has 13 heteroatoms. The van der Waals surface area contributed by atoms with Gasteiger partial charge in [0.2, 0.25) is 0 Å². The van der Waals surface area contributed by atoms with Gasteiger partial charge in [0.1, 0.15) is 0 Å². The number of aliphatic hydroxyl groups excluding tert-OH is 1. The molecule has 1 unspecified atom stereocenters. The van der Waals surface area contributed by atoms with Crippen molar-refractivity contribution in [3.05, 3.63) is 39.8 Å². The summed E-state index contributed by atoms with van der Waals surface area (Å²) in [6.07, 6.45) is -2.32. The van der Waals surface area contributed by atoms with Crippen molar-refractivity contribution in [3.63, 3.8) is 0 Å². The van der Waals surface area contributed by atoms with Gasteiger partial charge in [-0.2, -0.15) is 13.2 Å². The first-order valence-corrected chi connectivity index (χ1v) is 13.7. The number of esters is 1. The van der Waals surface area contributed by atoms with Crippen molar-refractivity contribution in [2.75, 3.05) is 19.7 Å². The third-order valence-corrected chi connectivity index (χ3v) is 7.23. The van der Waals surface area contributed by atoms with Crippen LogP contribution in [0.3, 0.4) is 0 Å². The van der Waals surface area contributed by atoms with Crippen LogP contribution in [0.2, 0.25) is 10.0 Å². The second-order valence-corrected chi connectivity index (χ2v) is 12.2. The fourth-order valence-electron chi connectivity index (χ4n) is 4.61. The summed E-state index contributed by atoms with van der Waals surface area (Å²) in [5, 5.41) is 11.0. The Balaban J connectivity index is 2.40. The first-order chi connectivity index (χ1) is 18.4. The molecule has 1 amide bonds. The third-order valence-electron chi connectivity index (χ3n) is 6.63. The molecule has 1 fully saturated rings. The molecule has 3 N–H and O–H groups in total. The maximum absolute atomic E-state index is 14.3. The number of nitrogens with two attached hydrogens (primary N) is 1. The Kier molecular flexibility index (Phi) is 11.4. The minimum Gasteiger partial charge on any atom is -0.466 e. The van der Waals surface area contributed by atoms with Gasteiger partial charge in [0.05, 0.1) is 46.3 Å². The Labute approximate surface area is 242 Å². The molecule has 0 spiro atoms. The number of halogens is 5. The number of hydrogen-bond acceptors (Lipinski definition) is 7. The Morgan fingerprint density at radius 2 is 1.80 bits per heavy atom. The number of amides is 1. The number of aliphatic hydroxyl groups is 1. The van der Waals surface area contributed by atoms with Crippen LogP contribution in [0.15, 0.2) is 29.2 Å². The average molecular weight is 610 g/mol. The van der Waals surface area contributed by atoms with Crippen molar-refractivity contribution in [1.82, 2.24) is 9.88 Å². The summed E-state index contributed by atoms with van der Waals surface area (Å²) in [4.78, 5) is 34.8. The molecule has 2 rings (SSSR count). The normalized spacial score (nSPS) is 21.6. The minimum absolute atomic E-state index is 0.0208. The van der Waals surface area contributed by atoms with Crippen LogP contribution < -0.4 is 5.73 Å². The molecule has 224 valence electrons. The van der Waals surface area contributed by atoms with Crippen LogP contribution in [0, 0.1) is 10.8 Å². The molecule has 1 aliphatic rings. The first kappa shape index (κ1) is 33.8. The first-order valence-electron chi connectivity index (χ1n) is 12.9. The zero-order valence-corrected chi connectivity index (χ0v) is 24.8. The maximum Gasteiger partial charge on any atom is 0.433 e. The van der Waals surface area contributed by atoms with E-state index in [1.165, 1.54) is 12.4 Å². The number of aromatic nitrogens is 1. The van der Waals surface area contributed by atoms with Gasteiger partial charge in [-0.1, -0.05) is 44.0 Å². The second-order valence-electron chi connectivity index (χ2n) is 11.3. The Morgan fingerprint density at radius 1 is 1.25 bits per heavy atom. The summed E-state index contributed by atoms with van der Waals surface area (Å²) >= 11 is 12.3. The van der Waals surface area contributed by atoms with Crippen LogP contribution in [0.1, 0.15) is 72.0 Å². The van der Waals surface area contributed by atoms with E-state index < -0.39 is 58.9 Å². The van der Waals surface area contributed by atoms with Crippen LogP contribution in [-0.2, 0) is 14.3 Å². The quantitative estimate of drug-likeness (QED) is 0.212. The lowest BCUT2D eigenvalue weighted by atomic mass is 9.74. The fraction of sp³-hybridized carbons (Fsp3) is 0.630. The molecule has 1 aliphatic carbocycles. The number of ether oxygens (including phenoxy) is 1. The number of aliphatic imine (C=N–C) groups is 1. The highest BCUT2D eigenvalue weighted by Gasteiger charge is 2.44. The molecule has 8 nitrogen and oxygen atoms in total. The summed E-state index contributed by atoms with van der Waals surface area (Å²) in [6, 6.07) is -0.780. The number of rotatable bonds is 9. The Hall–Kier alpha value is -2.37. The molecule has 0 radical (unpaired) electrons. The molecule has 1 heterocycles. The SMILES string of the molecule is CCOC(=O)C1(C)CCC(N=C(C(=CN)C(=O)N(CC(O)c2c(Cl)cncc2Cl)CC(C)(C)C)C(F)(F)F)CC1. The monoisotopic (exact) mass is 608 g/mol. The number of alkyl halides is 3. The van der Waals surface area contributed by atoms with E-state index in [-0.39, 0.29) is 54.4 Å². The van der Waals surface area contributed by atoms with Gasteiger partial charge in [-0.05, 0) is 44.9 Å². The standard InChI is InChI=1S/C27H37Cl2F3N4O4/c1-6-40-24(39)26(5)9-7-16(8-10-26)35-22(27(30,31)32)17(11-33)23(38)36(15-25(2,3)4)14-20(37)21-18(28)12-34-13-19(21)29/h11-13,16,20,37H,6-10,14-15,33H2,1-5H3. The highest BCUT2D eigenvalue weighted by molar-refractivity contribution is 6.35. The summed E-state index contributed by atoms with van der Waals surface area (Å²) in [6.45, 7) is 8.56. The maximum atomic E-state index is 14.3. The molecule has 40 heavy (non-hydrogen) atoms. The van der Waals surface area contributed by atoms with Crippen molar-refractivity contribution in [2.45, 2.75) is 78.6 Å². The number of carbonyl (C=O) groups is 2. The zero-order valence-electron chi connectivity index (χ0n) is 23.3. The van der Waals surface area contributed by atoms with Crippen LogP contribution in [0.5, 0.6) is 0 Å². The topological polar surface area (TPSA) is 118 Å². The van der Waals surface area contributed by atoms with E-state index in [9.17, 15) is 27.9 Å². The largest absolute Gasteiger partial charge is 0.466 e. The summed E-state index contributed by atoms with van der Waals surface area (Å²) < 4.78 is 48.1. The second kappa shape index (κ2) is 13.5. The van der Waals surface area contributed by atoms with E-state index in [0.717, 1.165) is 4.90 Å². The van der Waals surface area contributed by atoms with Crippen molar-refractivity contribution >= 4 is 40.8 Å². The molecule has 0 saturated heterocycles. The van der Waals surface area contributed by atoms with E-state index >= 15 is 0 Å². The predicted octanol–water partition coefficient (Wildman–Crippen LogP) is 5.65. The van der Waals surface area contributed by atoms with Crippen LogP contribution in [0.25, 0.3) is 0 Å². The zero-order chi connectivity index (χ0) is 30.5. The van der Waals surface area contributed by atoms with Crippen molar-refractivity contribution in [2.24, 2.45) is 21.6 Å². The van der Waals surface area contributed by atoms with Gasteiger partial charge in [0.15, 0.2) is 5.71 Å². The molecule has 1 aromatic rings. The summed E-state index contributed by atoms with van der Waals surface area (Å²) in [5.74, 6) is -1.45. The van der Waals surface area contributed by atoms with Crippen molar-refractivity contribution in [3.8, 4) is 0 Å². The van der Waals surface area contributed by atoms with Crippen LogP contribution in [0.4, 0.5) is 13.2 Å². The van der Waals surface area contributed by atoms with Gasteiger partial charge in [-0.3, -0.25) is 19.6 Å². The van der Waals surface area contributed by atoms with Gasteiger partial charge in [-0.15, -0.1) is 0 Å². The van der Waals surface area contributed by atoms with Crippen LogP contribution >= 0.6 is 23.2 Å². The highest BCUT2D eigenvalue weighted by atomic mass is 35.5. The smallest absolute Gasteiger partial charge is 0.433 e. The summed E-state index contributed by atoms with van der Waals surface area (Å²) in [5.41, 5.74) is 2.11. The van der Waals surface area contributed by atoms with Gasteiger partial charge in [-0.25, -0.2) is 0 Å². The number of hydrogen-bond donors (Lipinski definition) is 2. The predicted molar refractivity (Wildman–Crippen MR) is 148 cm³/mol. The van der Waals surface area contributed by atoms with E-state index in [0.29, 0.717) is 6.20 Å². The third kappa shape index (κ3) is 8.81. The fourth-order valence-corrected chi connectivity index (χ4v) is 5.23. The summed E-state index contributed by atoms with van der Waals surface area (Å²) in [7, 11) is 0. The number of carbonyl (C=O) groups excluding carboxylic acids is 2. The van der Waals surface area contributed by atoms with Crippen LogP contribution in [-0.4, -0.2) is 64.5 Å². The molecule has 1 saturated carbocycles. The van der Waals surface area contributed by atoms with Gasteiger partial charge in [0, 0.05) is 30.7 Å². The molecular formula is C27H37Cl2F3N4O4. The van der Waals surface area contributed by atoms with Crippen molar-refractivity contribution < 1.29 is 32.6 Å². The lowest BCUT2D eigenvalue weighted by Crippen LogP contribution is -2.44. The molecule has 0 aromatic carbocycles. The average Bonchev–Trinajstić information content (AvgIpc) is 2.83. The Bertz CT molecular complexity index is 1110. The lowest BCUT2D eigenvalue weighted by molar-refractivity contribution is -0.156. The molecular weight excluding hydrogens is 572 g/mol. The Morgan fingerprint density at radius 3 is 2.25 bits per heavy atom. The highest BCUT2D eigenvalue weighted by Crippen LogP contribution is 2.39. The number of nitrogens with zero attached hydrogens (tertiary/aromatic N) is 3. The van der Waals surface area contributed by atoms with Gasteiger partial charge < -0.3 is 20.5 Å². The van der Waals surface area contributed by atoms with E-state index in [1.54, 1.807) is 34.6 Å². The number of pyridine rings is 1. The van der Waals surface area contributed by atoms with Gasteiger partial charge in [0.25, 0.3) is 5.91 Å². The molecule has 1 atom stereocenters. The molecule has 0 bridgehead atoms. The van der Waals surface area contributed by atoms with E-state index in [1.807, 2.05) is 0 Å². The van der Waals surface area contributed by atoms with E-state index in [4.69, 9.17) is 33.7 Å². The minimum atomic E-state index is -4.99. The lowest BCUT2D eigenvalue weighted by Gasteiger charge is -2.35.